The van der Waals surface area contributed by atoms with Gasteiger partial charge in [0.15, 0.2) is 0 Å². The molecular weight excluding hydrogens is 416 g/mol. The summed E-state index contributed by atoms with van der Waals surface area (Å²) in [6.45, 7) is 3.87. The van der Waals surface area contributed by atoms with Crippen LogP contribution in [0.3, 0.4) is 0 Å². The molecular formula is C27H32N2O4. The van der Waals surface area contributed by atoms with Crippen molar-refractivity contribution in [3.05, 3.63) is 42.2 Å². The van der Waals surface area contributed by atoms with Gasteiger partial charge in [0.1, 0.15) is 29.5 Å². The third kappa shape index (κ3) is 4.55. The molecule has 1 atom stereocenters. The molecule has 1 saturated heterocycles. The second-order valence-electron chi connectivity index (χ2n) is 9.65. The smallest absolute Gasteiger partial charge is 0.147 e. The SMILES string of the molecule is CN1CCC(N(C)CCOc2ccc3c(ccc4occ(C5CCC(=O)CC5=O)c43)c2)CC1. The first-order valence-corrected chi connectivity index (χ1v) is 12.0. The van der Waals surface area contributed by atoms with E-state index >= 15 is 0 Å². The van der Waals surface area contributed by atoms with Crippen molar-refractivity contribution in [2.24, 2.45) is 0 Å². The topological polar surface area (TPSA) is 63.0 Å². The molecule has 0 amide bonds. The summed E-state index contributed by atoms with van der Waals surface area (Å²) < 4.78 is 11.9. The number of likely N-dealkylation sites (N-methyl/N-ethyl adjacent to an activating group) is 1. The number of benzene rings is 2. The van der Waals surface area contributed by atoms with Gasteiger partial charge in [0.05, 0.1) is 12.7 Å². The van der Waals surface area contributed by atoms with Gasteiger partial charge in [0.2, 0.25) is 0 Å². The summed E-state index contributed by atoms with van der Waals surface area (Å²) in [7, 11) is 4.38. The highest BCUT2D eigenvalue weighted by atomic mass is 16.5. The average Bonchev–Trinajstić information content (AvgIpc) is 3.23. The fraction of sp³-hybridized carbons (Fsp3) is 0.481. The summed E-state index contributed by atoms with van der Waals surface area (Å²) in [5, 5.41) is 3.09. The summed E-state index contributed by atoms with van der Waals surface area (Å²) in [5.41, 5.74) is 1.68. The number of likely N-dealkylation sites (tertiary alicyclic amines) is 1. The molecule has 33 heavy (non-hydrogen) atoms. The molecule has 2 aromatic carbocycles. The number of hydrogen-bond acceptors (Lipinski definition) is 6. The summed E-state index contributed by atoms with van der Waals surface area (Å²) >= 11 is 0. The molecule has 6 heteroatoms. The monoisotopic (exact) mass is 448 g/mol. The van der Waals surface area contributed by atoms with Crippen LogP contribution in [0, 0.1) is 0 Å². The third-order valence-electron chi connectivity index (χ3n) is 7.43. The molecule has 2 fully saturated rings. The predicted molar refractivity (Wildman–Crippen MR) is 129 cm³/mol. The van der Waals surface area contributed by atoms with Crippen molar-refractivity contribution in [2.75, 3.05) is 40.3 Å². The largest absolute Gasteiger partial charge is 0.492 e. The molecule has 1 aromatic heterocycles. The number of carbonyl (C=O) groups excluding carboxylic acids is 2. The number of fused-ring (bicyclic) bond motifs is 3. The van der Waals surface area contributed by atoms with Gasteiger partial charge in [-0.2, -0.15) is 0 Å². The Morgan fingerprint density at radius 3 is 2.73 bits per heavy atom. The molecule has 5 rings (SSSR count). The molecule has 6 nitrogen and oxygen atoms in total. The first-order valence-electron chi connectivity index (χ1n) is 12.0. The fourth-order valence-electron chi connectivity index (χ4n) is 5.34. The maximum absolute atomic E-state index is 12.6. The van der Waals surface area contributed by atoms with E-state index in [1.54, 1.807) is 6.26 Å². The zero-order valence-electron chi connectivity index (χ0n) is 19.5. The number of piperidine rings is 1. The Balaban J connectivity index is 1.31. The first kappa shape index (κ1) is 22.1. The van der Waals surface area contributed by atoms with Crippen molar-refractivity contribution < 1.29 is 18.7 Å². The van der Waals surface area contributed by atoms with E-state index in [0.717, 1.165) is 52.7 Å². The molecule has 0 radical (unpaired) electrons. The lowest BCUT2D eigenvalue weighted by Gasteiger charge is -2.35. The lowest BCUT2D eigenvalue weighted by atomic mass is 9.81. The van der Waals surface area contributed by atoms with E-state index in [4.69, 9.17) is 9.15 Å². The summed E-state index contributed by atoms with van der Waals surface area (Å²) in [6.07, 6.45) is 5.18. The maximum atomic E-state index is 12.6. The van der Waals surface area contributed by atoms with Crippen molar-refractivity contribution in [3.63, 3.8) is 0 Å². The Kier molecular flexibility index (Phi) is 6.21. The molecule has 3 aromatic rings. The van der Waals surface area contributed by atoms with Crippen molar-refractivity contribution in [1.29, 1.82) is 0 Å². The van der Waals surface area contributed by atoms with Gasteiger partial charge in [0.25, 0.3) is 0 Å². The zero-order valence-corrected chi connectivity index (χ0v) is 19.5. The van der Waals surface area contributed by atoms with E-state index in [-0.39, 0.29) is 23.9 Å². The quantitative estimate of drug-likeness (QED) is 0.521. The van der Waals surface area contributed by atoms with E-state index in [0.29, 0.717) is 25.5 Å². The number of furan rings is 1. The van der Waals surface area contributed by atoms with Gasteiger partial charge in [0, 0.05) is 35.9 Å². The Bertz CT molecular complexity index is 1180. The first-order chi connectivity index (χ1) is 16.0. The molecule has 0 N–H and O–H groups in total. The van der Waals surface area contributed by atoms with E-state index < -0.39 is 0 Å². The number of ketones is 2. The Morgan fingerprint density at radius 2 is 1.94 bits per heavy atom. The van der Waals surface area contributed by atoms with Crippen LogP contribution in [0.2, 0.25) is 0 Å². The van der Waals surface area contributed by atoms with E-state index in [1.807, 2.05) is 18.2 Å². The summed E-state index contributed by atoms with van der Waals surface area (Å²) in [4.78, 5) is 29.0. The second-order valence-corrected chi connectivity index (χ2v) is 9.65. The van der Waals surface area contributed by atoms with Gasteiger partial charge in [-0.1, -0.05) is 6.07 Å². The minimum absolute atomic E-state index is 0.000336. The van der Waals surface area contributed by atoms with Gasteiger partial charge in [-0.05, 0) is 81.5 Å². The Hall–Kier alpha value is -2.70. The van der Waals surface area contributed by atoms with Crippen LogP contribution >= 0.6 is 0 Å². The highest BCUT2D eigenvalue weighted by Crippen LogP contribution is 2.39. The molecule has 0 spiro atoms. The van der Waals surface area contributed by atoms with E-state index in [9.17, 15) is 9.59 Å². The summed E-state index contributed by atoms with van der Waals surface area (Å²) in [5.74, 6) is 0.625. The second kappa shape index (κ2) is 9.27. The number of rotatable bonds is 6. The molecule has 1 unspecified atom stereocenters. The number of carbonyl (C=O) groups is 2. The molecule has 2 heterocycles. The van der Waals surface area contributed by atoms with Crippen LogP contribution in [0.15, 0.2) is 41.0 Å². The Morgan fingerprint density at radius 1 is 1.12 bits per heavy atom. The lowest BCUT2D eigenvalue weighted by Crippen LogP contribution is -2.43. The van der Waals surface area contributed by atoms with Crippen molar-refractivity contribution in [3.8, 4) is 5.75 Å². The van der Waals surface area contributed by atoms with Gasteiger partial charge in [-0.15, -0.1) is 0 Å². The molecule has 1 aliphatic carbocycles. The molecule has 1 saturated carbocycles. The molecule has 2 aliphatic rings. The number of Topliss-reactive ketones (excluding diaryl/α,β-unsaturated/α-hetero) is 2. The van der Waals surface area contributed by atoms with Crippen LogP contribution in [-0.2, 0) is 9.59 Å². The molecule has 0 bridgehead atoms. The maximum Gasteiger partial charge on any atom is 0.147 e. The Labute approximate surface area is 194 Å². The predicted octanol–water partition coefficient (Wildman–Crippen LogP) is 4.40. The van der Waals surface area contributed by atoms with Crippen LogP contribution in [0.4, 0.5) is 0 Å². The van der Waals surface area contributed by atoms with Crippen LogP contribution in [0.5, 0.6) is 5.75 Å². The van der Waals surface area contributed by atoms with Crippen molar-refractivity contribution in [2.45, 2.75) is 44.1 Å². The van der Waals surface area contributed by atoms with Crippen LogP contribution in [0.1, 0.15) is 43.6 Å². The van der Waals surface area contributed by atoms with Crippen LogP contribution in [-0.4, -0.2) is 67.7 Å². The summed E-state index contributed by atoms with van der Waals surface area (Å²) in [6, 6.07) is 10.7. The number of hydrogen-bond donors (Lipinski definition) is 0. The molecule has 1 aliphatic heterocycles. The van der Waals surface area contributed by atoms with Crippen molar-refractivity contribution >= 4 is 33.3 Å². The lowest BCUT2D eigenvalue weighted by molar-refractivity contribution is -0.130. The number of ether oxygens (including phenoxy) is 1. The zero-order chi connectivity index (χ0) is 22.9. The standard InChI is InChI=1S/C27H32N2O4/c1-28-11-9-19(10-12-28)29(2)13-14-32-21-5-7-22-18(15-21)3-8-26-27(22)24(17-33-26)23-6-4-20(30)16-25(23)31/h3,5,7-8,15,17,19,23H,4,6,9-14,16H2,1-2H3. The third-order valence-corrected chi connectivity index (χ3v) is 7.43. The van der Waals surface area contributed by atoms with Crippen LogP contribution < -0.4 is 4.74 Å². The highest BCUT2D eigenvalue weighted by Gasteiger charge is 2.31. The molecule has 174 valence electrons. The normalized spacial score (nSPS) is 20.9. The van der Waals surface area contributed by atoms with Crippen molar-refractivity contribution in [1.82, 2.24) is 9.80 Å². The van der Waals surface area contributed by atoms with E-state index in [1.165, 1.54) is 12.8 Å². The average molecular weight is 449 g/mol. The van der Waals surface area contributed by atoms with E-state index in [2.05, 4.69) is 36.0 Å². The highest BCUT2D eigenvalue weighted by molar-refractivity contribution is 6.11. The van der Waals surface area contributed by atoms with Gasteiger partial charge < -0.3 is 14.1 Å². The van der Waals surface area contributed by atoms with Gasteiger partial charge in [-0.25, -0.2) is 0 Å². The minimum Gasteiger partial charge on any atom is -0.492 e. The van der Waals surface area contributed by atoms with Gasteiger partial charge >= 0.3 is 0 Å². The minimum atomic E-state index is -0.263. The number of nitrogens with zero attached hydrogens (tertiary/aromatic N) is 2. The fourth-order valence-corrected chi connectivity index (χ4v) is 5.34. The van der Waals surface area contributed by atoms with Gasteiger partial charge in [-0.3, -0.25) is 14.5 Å². The van der Waals surface area contributed by atoms with Crippen LogP contribution in [0.25, 0.3) is 21.7 Å².